The van der Waals surface area contributed by atoms with Crippen molar-refractivity contribution in [3.63, 3.8) is 0 Å². The summed E-state index contributed by atoms with van der Waals surface area (Å²) in [5.41, 5.74) is 0.837. The molecular weight excluding hydrogens is 251 g/mol. The second-order valence-corrected chi connectivity index (χ2v) is 6.23. The Hall–Kier alpha value is -0.500. The molecule has 1 unspecified atom stereocenters. The minimum absolute atomic E-state index is 0.132. The van der Waals surface area contributed by atoms with Crippen molar-refractivity contribution >= 4 is 11.6 Å². The third-order valence-electron chi connectivity index (χ3n) is 3.20. The maximum absolute atomic E-state index is 13.2. The first kappa shape index (κ1) is 15.6. The molecule has 0 spiro atoms. The second-order valence-electron chi connectivity index (χ2n) is 5.61. The largest absolute Gasteiger partial charge is 0.488 e. The van der Waals surface area contributed by atoms with Crippen LogP contribution in [0.3, 0.4) is 0 Å². The van der Waals surface area contributed by atoms with E-state index in [0.29, 0.717) is 5.76 Å². The third-order valence-corrected chi connectivity index (χ3v) is 3.57. The van der Waals surface area contributed by atoms with Crippen LogP contribution in [0.4, 0.5) is 4.39 Å². The van der Waals surface area contributed by atoms with E-state index in [9.17, 15) is 4.39 Å². The second kappa shape index (κ2) is 6.60. The molecule has 0 aromatic heterocycles. The molecular formula is C15H24ClFO. The standard InChI is InChI=1S/C15H24ClFO/c1-5-12-7-6-8-13(16)10-15(3,4)18-14(12)9-11(2)17/h9,13H,5-8,10H2,1-4H3/b11-9+,14-12-. The monoisotopic (exact) mass is 274 g/mol. The summed E-state index contributed by atoms with van der Waals surface area (Å²) in [5.74, 6) is 0.488. The van der Waals surface area contributed by atoms with Gasteiger partial charge in [0.1, 0.15) is 17.2 Å². The summed E-state index contributed by atoms with van der Waals surface area (Å²) >= 11 is 6.31. The lowest BCUT2D eigenvalue weighted by Gasteiger charge is -2.29. The van der Waals surface area contributed by atoms with E-state index >= 15 is 0 Å². The zero-order chi connectivity index (χ0) is 13.8. The Kier molecular flexibility index (Phi) is 5.71. The van der Waals surface area contributed by atoms with Crippen LogP contribution in [0.5, 0.6) is 0 Å². The smallest absolute Gasteiger partial charge is 0.121 e. The van der Waals surface area contributed by atoms with Gasteiger partial charge in [0, 0.05) is 17.9 Å². The van der Waals surface area contributed by atoms with Gasteiger partial charge in [0.15, 0.2) is 0 Å². The number of allylic oxidation sites excluding steroid dienone is 3. The van der Waals surface area contributed by atoms with Crippen molar-refractivity contribution in [2.45, 2.75) is 70.8 Å². The highest BCUT2D eigenvalue weighted by Gasteiger charge is 2.27. The molecule has 18 heavy (non-hydrogen) atoms. The number of halogens is 2. The van der Waals surface area contributed by atoms with E-state index in [-0.39, 0.29) is 16.8 Å². The van der Waals surface area contributed by atoms with Crippen molar-refractivity contribution < 1.29 is 9.13 Å². The van der Waals surface area contributed by atoms with Crippen LogP contribution in [0, 0.1) is 0 Å². The molecule has 0 saturated carbocycles. The molecule has 0 aromatic carbocycles. The lowest BCUT2D eigenvalue weighted by molar-refractivity contribution is 0.0319. The first-order valence-electron chi connectivity index (χ1n) is 6.73. The van der Waals surface area contributed by atoms with E-state index in [4.69, 9.17) is 16.3 Å². The molecule has 0 saturated heterocycles. The first-order valence-corrected chi connectivity index (χ1v) is 7.16. The molecule has 0 radical (unpaired) electrons. The van der Waals surface area contributed by atoms with Gasteiger partial charge in [0.25, 0.3) is 0 Å². The number of alkyl halides is 1. The van der Waals surface area contributed by atoms with Crippen LogP contribution in [-0.4, -0.2) is 11.0 Å². The predicted octanol–water partition coefficient (Wildman–Crippen LogP) is 5.50. The molecule has 1 aliphatic heterocycles. The Morgan fingerprint density at radius 3 is 2.78 bits per heavy atom. The molecule has 0 aliphatic carbocycles. The zero-order valence-electron chi connectivity index (χ0n) is 11.9. The van der Waals surface area contributed by atoms with E-state index in [1.165, 1.54) is 18.6 Å². The molecule has 1 nitrogen and oxygen atoms in total. The molecule has 0 fully saturated rings. The van der Waals surface area contributed by atoms with Crippen LogP contribution >= 0.6 is 11.6 Å². The lowest BCUT2D eigenvalue weighted by atomic mass is 9.99. The maximum Gasteiger partial charge on any atom is 0.121 e. The van der Waals surface area contributed by atoms with E-state index in [1.54, 1.807) is 0 Å². The molecule has 1 heterocycles. The molecule has 1 rings (SSSR count). The number of hydrogen-bond acceptors (Lipinski definition) is 1. The van der Waals surface area contributed by atoms with Gasteiger partial charge in [0.2, 0.25) is 0 Å². The van der Waals surface area contributed by atoms with Gasteiger partial charge in [-0.1, -0.05) is 6.92 Å². The quantitative estimate of drug-likeness (QED) is 0.604. The van der Waals surface area contributed by atoms with Crippen LogP contribution in [0.25, 0.3) is 0 Å². The van der Waals surface area contributed by atoms with Crippen molar-refractivity contribution in [1.82, 2.24) is 0 Å². The Morgan fingerprint density at radius 1 is 1.56 bits per heavy atom. The number of ether oxygens (including phenoxy) is 1. The van der Waals surface area contributed by atoms with Crippen molar-refractivity contribution in [2.75, 3.05) is 0 Å². The van der Waals surface area contributed by atoms with Gasteiger partial charge < -0.3 is 4.74 Å². The summed E-state index contributed by atoms with van der Waals surface area (Å²) in [5, 5.41) is 0.132. The van der Waals surface area contributed by atoms with Gasteiger partial charge in [0.05, 0.1) is 0 Å². The van der Waals surface area contributed by atoms with Crippen molar-refractivity contribution in [1.29, 1.82) is 0 Å². The highest BCUT2D eigenvalue weighted by molar-refractivity contribution is 6.20. The van der Waals surface area contributed by atoms with E-state index < -0.39 is 0 Å². The molecule has 1 aliphatic rings. The first-order chi connectivity index (χ1) is 8.34. The zero-order valence-corrected chi connectivity index (χ0v) is 12.6. The fourth-order valence-electron chi connectivity index (χ4n) is 2.37. The topological polar surface area (TPSA) is 9.23 Å². The SMILES string of the molecule is CC/C1=C(\C=C(/C)F)OC(C)(C)CC(Cl)CCC1. The molecule has 0 amide bonds. The summed E-state index contributed by atoms with van der Waals surface area (Å²) in [6.45, 7) is 7.57. The van der Waals surface area contributed by atoms with Crippen molar-refractivity contribution in [3.05, 3.63) is 23.2 Å². The molecule has 1 atom stereocenters. The van der Waals surface area contributed by atoms with Crippen LogP contribution in [-0.2, 0) is 4.74 Å². The minimum atomic E-state index is -0.349. The van der Waals surface area contributed by atoms with Crippen molar-refractivity contribution in [2.24, 2.45) is 0 Å². The van der Waals surface area contributed by atoms with Crippen LogP contribution in [0.2, 0.25) is 0 Å². The summed E-state index contributed by atoms with van der Waals surface area (Å²) in [6, 6.07) is 0. The van der Waals surface area contributed by atoms with E-state index in [2.05, 4.69) is 6.92 Å². The highest BCUT2D eigenvalue weighted by atomic mass is 35.5. The molecule has 3 heteroatoms. The van der Waals surface area contributed by atoms with Crippen molar-refractivity contribution in [3.8, 4) is 0 Å². The summed E-state index contributed by atoms with van der Waals surface area (Å²) in [4.78, 5) is 0. The maximum atomic E-state index is 13.2. The van der Waals surface area contributed by atoms with E-state index in [1.807, 2.05) is 13.8 Å². The molecule has 0 N–H and O–H groups in total. The highest BCUT2D eigenvalue weighted by Crippen LogP contribution is 2.32. The van der Waals surface area contributed by atoms with Crippen LogP contribution in [0.1, 0.15) is 59.8 Å². The van der Waals surface area contributed by atoms with Gasteiger partial charge in [-0.25, -0.2) is 4.39 Å². The average Bonchev–Trinajstić information content (AvgIpc) is 2.25. The van der Waals surface area contributed by atoms with Gasteiger partial charge >= 0.3 is 0 Å². The summed E-state index contributed by atoms with van der Waals surface area (Å²) in [6.07, 6.45) is 6.16. The van der Waals surface area contributed by atoms with E-state index in [0.717, 1.165) is 32.1 Å². The number of hydrogen-bond donors (Lipinski definition) is 0. The fourth-order valence-corrected chi connectivity index (χ4v) is 2.90. The minimum Gasteiger partial charge on any atom is -0.488 e. The predicted molar refractivity (Wildman–Crippen MR) is 75.5 cm³/mol. The van der Waals surface area contributed by atoms with Crippen LogP contribution in [0.15, 0.2) is 23.2 Å². The van der Waals surface area contributed by atoms with Crippen LogP contribution < -0.4 is 0 Å². The summed E-state index contributed by atoms with van der Waals surface area (Å²) < 4.78 is 19.2. The van der Waals surface area contributed by atoms with Gasteiger partial charge in [-0.3, -0.25) is 0 Å². The molecule has 0 bridgehead atoms. The lowest BCUT2D eigenvalue weighted by Crippen LogP contribution is -2.27. The number of rotatable bonds is 2. The normalized spacial score (nSPS) is 30.1. The third kappa shape index (κ3) is 5.01. The molecule has 0 aromatic rings. The Balaban J connectivity index is 3.06. The van der Waals surface area contributed by atoms with Gasteiger partial charge in [-0.05, 0) is 52.0 Å². The average molecular weight is 275 g/mol. The Bertz CT molecular complexity index is 340. The van der Waals surface area contributed by atoms with Gasteiger partial charge in [-0.2, -0.15) is 0 Å². The fraction of sp³-hybridized carbons (Fsp3) is 0.733. The van der Waals surface area contributed by atoms with Gasteiger partial charge in [-0.15, -0.1) is 11.6 Å². The Labute approximate surface area is 115 Å². The summed E-state index contributed by atoms with van der Waals surface area (Å²) in [7, 11) is 0. The molecule has 104 valence electrons. The Morgan fingerprint density at radius 2 is 2.22 bits per heavy atom.